The highest BCUT2D eigenvalue weighted by atomic mass is 35.5. The van der Waals surface area contributed by atoms with E-state index in [0.717, 1.165) is 24.8 Å². The van der Waals surface area contributed by atoms with Crippen molar-refractivity contribution < 1.29 is 13.2 Å². The van der Waals surface area contributed by atoms with Crippen LogP contribution in [0.25, 0.3) is 0 Å². The summed E-state index contributed by atoms with van der Waals surface area (Å²) in [6.45, 7) is 1.32. The smallest absolute Gasteiger partial charge is 0.237 e. The van der Waals surface area contributed by atoms with E-state index >= 15 is 0 Å². The van der Waals surface area contributed by atoms with Crippen LogP contribution in [0.4, 0.5) is 0 Å². The molecule has 2 atom stereocenters. The minimum absolute atomic E-state index is 0. The summed E-state index contributed by atoms with van der Waals surface area (Å²) in [4.78, 5) is 14.1. The molecule has 1 N–H and O–H groups in total. The monoisotopic (exact) mass is 386 g/mol. The molecule has 0 aliphatic carbocycles. The molecule has 0 radical (unpaired) electrons. The molecule has 5 nitrogen and oxygen atoms in total. The predicted molar refractivity (Wildman–Crippen MR) is 102 cm³/mol. The fourth-order valence-electron chi connectivity index (χ4n) is 3.66. The molecule has 1 amide bonds. The Morgan fingerprint density at radius 1 is 1.12 bits per heavy atom. The SMILES string of the molecule is Cl.O=C(CS(=O)(=O)CCCc1ccccc1)N1CCC2CCC(C1)N2. The average Bonchev–Trinajstić information content (AvgIpc) is 2.86. The quantitative estimate of drug-likeness (QED) is 0.809. The van der Waals surface area contributed by atoms with Crippen molar-refractivity contribution in [3.63, 3.8) is 0 Å². The van der Waals surface area contributed by atoms with Gasteiger partial charge in [0.05, 0.1) is 5.75 Å². The molecule has 2 fully saturated rings. The van der Waals surface area contributed by atoms with Gasteiger partial charge in [0.1, 0.15) is 5.75 Å². The molecule has 140 valence electrons. The van der Waals surface area contributed by atoms with E-state index in [4.69, 9.17) is 0 Å². The van der Waals surface area contributed by atoms with Crippen molar-refractivity contribution in [3.8, 4) is 0 Å². The molecule has 2 unspecified atom stereocenters. The van der Waals surface area contributed by atoms with Gasteiger partial charge in [-0.3, -0.25) is 4.79 Å². The molecule has 1 aromatic carbocycles. The number of sulfone groups is 1. The zero-order chi connectivity index (χ0) is 17.0. The highest BCUT2D eigenvalue weighted by molar-refractivity contribution is 7.92. The first-order chi connectivity index (χ1) is 11.5. The van der Waals surface area contributed by atoms with Crippen molar-refractivity contribution in [1.82, 2.24) is 10.2 Å². The number of benzene rings is 1. The van der Waals surface area contributed by atoms with Crippen LogP contribution < -0.4 is 5.32 Å². The van der Waals surface area contributed by atoms with E-state index in [1.807, 2.05) is 30.3 Å². The average molecular weight is 387 g/mol. The molecule has 2 aliphatic heterocycles. The van der Waals surface area contributed by atoms with E-state index in [2.05, 4.69) is 5.32 Å². The lowest BCUT2D eigenvalue weighted by Gasteiger charge is -2.24. The van der Waals surface area contributed by atoms with Gasteiger partial charge in [0, 0.05) is 25.2 Å². The van der Waals surface area contributed by atoms with Crippen LogP contribution in [0.1, 0.15) is 31.2 Å². The number of nitrogens with zero attached hydrogens (tertiary/aromatic N) is 1. The normalized spacial score (nSPS) is 23.0. The zero-order valence-corrected chi connectivity index (χ0v) is 16.0. The van der Waals surface area contributed by atoms with E-state index in [1.165, 1.54) is 6.42 Å². The Balaban J connectivity index is 0.00000225. The van der Waals surface area contributed by atoms with Gasteiger partial charge in [-0.15, -0.1) is 12.4 Å². The summed E-state index contributed by atoms with van der Waals surface area (Å²) in [6, 6.07) is 10.7. The summed E-state index contributed by atoms with van der Waals surface area (Å²) in [5, 5.41) is 3.51. The minimum atomic E-state index is -3.34. The van der Waals surface area contributed by atoms with Crippen LogP contribution in [0.3, 0.4) is 0 Å². The Hall–Kier alpha value is -1.11. The fourth-order valence-corrected chi connectivity index (χ4v) is 4.95. The van der Waals surface area contributed by atoms with Gasteiger partial charge in [-0.1, -0.05) is 30.3 Å². The van der Waals surface area contributed by atoms with Crippen LogP contribution in [-0.4, -0.2) is 55.9 Å². The van der Waals surface area contributed by atoms with Gasteiger partial charge in [-0.2, -0.15) is 0 Å². The van der Waals surface area contributed by atoms with Crippen molar-refractivity contribution in [2.24, 2.45) is 0 Å². The fraction of sp³-hybridized carbons (Fsp3) is 0.611. The van der Waals surface area contributed by atoms with Gasteiger partial charge in [-0.25, -0.2) is 8.42 Å². The second-order valence-corrected chi connectivity index (χ2v) is 9.13. The number of rotatable bonds is 6. The first-order valence-electron chi connectivity index (χ1n) is 8.80. The largest absolute Gasteiger partial charge is 0.340 e. The zero-order valence-electron chi connectivity index (χ0n) is 14.4. The number of likely N-dealkylation sites (tertiary alicyclic amines) is 1. The lowest BCUT2D eigenvalue weighted by molar-refractivity contribution is -0.128. The molecule has 1 aromatic rings. The van der Waals surface area contributed by atoms with Gasteiger partial charge >= 0.3 is 0 Å². The summed E-state index contributed by atoms with van der Waals surface area (Å²) in [5.41, 5.74) is 1.13. The Morgan fingerprint density at radius 2 is 1.84 bits per heavy atom. The molecular formula is C18H27ClN2O3S. The topological polar surface area (TPSA) is 66.5 Å². The molecule has 25 heavy (non-hydrogen) atoms. The summed E-state index contributed by atoms with van der Waals surface area (Å²) >= 11 is 0. The van der Waals surface area contributed by atoms with Crippen molar-refractivity contribution >= 4 is 28.2 Å². The Bertz CT molecular complexity index is 666. The van der Waals surface area contributed by atoms with E-state index in [0.29, 0.717) is 31.6 Å². The maximum atomic E-state index is 12.4. The van der Waals surface area contributed by atoms with Crippen molar-refractivity contribution in [2.75, 3.05) is 24.6 Å². The number of hydrogen-bond acceptors (Lipinski definition) is 4. The standard InChI is InChI=1S/C18H26N2O3S.ClH/c21-18(20-11-10-16-8-9-17(13-20)19-16)14-24(22,23)12-4-7-15-5-2-1-3-6-15;/h1-3,5-6,16-17,19H,4,7-14H2;1H. The van der Waals surface area contributed by atoms with Crippen molar-refractivity contribution in [1.29, 1.82) is 0 Å². The molecule has 0 saturated carbocycles. The van der Waals surface area contributed by atoms with Crippen molar-refractivity contribution in [2.45, 2.75) is 44.2 Å². The molecule has 0 spiro atoms. The first kappa shape index (κ1) is 20.2. The Kier molecular flexibility index (Phi) is 7.28. The highest BCUT2D eigenvalue weighted by Crippen LogP contribution is 2.20. The van der Waals surface area contributed by atoms with E-state index in [1.54, 1.807) is 4.90 Å². The summed E-state index contributed by atoms with van der Waals surface area (Å²) in [5.74, 6) is -0.505. The highest BCUT2D eigenvalue weighted by Gasteiger charge is 2.32. The molecule has 3 rings (SSSR count). The molecule has 2 aliphatic rings. The van der Waals surface area contributed by atoms with Crippen LogP contribution in [0.15, 0.2) is 30.3 Å². The number of amides is 1. The Labute approximate surface area is 156 Å². The molecule has 2 saturated heterocycles. The lowest BCUT2D eigenvalue weighted by atomic mass is 10.1. The number of nitrogens with one attached hydrogen (secondary N) is 1. The Morgan fingerprint density at radius 3 is 2.60 bits per heavy atom. The van der Waals surface area contributed by atoms with Crippen LogP contribution in [0.2, 0.25) is 0 Å². The molecule has 2 bridgehead atoms. The van der Waals surface area contributed by atoms with Crippen molar-refractivity contribution in [3.05, 3.63) is 35.9 Å². The summed E-state index contributed by atoms with van der Waals surface area (Å²) < 4.78 is 24.5. The van der Waals surface area contributed by atoms with Gasteiger partial charge in [0.15, 0.2) is 9.84 Å². The van der Waals surface area contributed by atoms with E-state index < -0.39 is 9.84 Å². The summed E-state index contributed by atoms with van der Waals surface area (Å²) in [6.07, 6.45) is 4.47. The number of carbonyl (C=O) groups is 1. The second kappa shape index (κ2) is 9.01. The maximum Gasteiger partial charge on any atom is 0.237 e. The predicted octanol–water partition coefficient (Wildman–Crippen LogP) is 1.81. The second-order valence-electron chi connectivity index (χ2n) is 6.95. The van der Waals surface area contributed by atoms with Gasteiger partial charge < -0.3 is 10.2 Å². The van der Waals surface area contributed by atoms with Crippen LogP contribution in [0.5, 0.6) is 0 Å². The lowest BCUT2D eigenvalue weighted by Crippen LogP contribution is -2.42. The molecule has 0 aromatic heterocycles. The van der Waals surface area contributed by atoms with Gasteiger partial charge in [0.2, 0.25) is 5.91 Å². The third-order valence-electron chi connectivity index (χ3n) is 4.98. The number of halogens is 1. The van der Waals surface area contributed by atoms with E-state index in [-0.39, 0.29) is 29.8 Å². The number of aryl methyl sites for hydroxylation is 1. The van der Waals surface area contributed by atoms with Gasteiger partial charge in [-0.05, 0) is 37.7 Å². The summed E-state index contributed by atoms with van der Waals surface area (Å²) in [7, 11) is -3.34. The van der Waals surface area contributed by atoms with Crippen LogP contribution in [-0.2, 0) is 21.1 Å². The number of carbonyl (C=O) groups excluding carboxylic acids is 1. The third kappa shape index (κ3) is 5.97. The molecule has 2 heterocycles. The number of hydrogen-bond donors (Lipinski definition) is 1. The minimum Gasteiger partial charge on any atom is -0.340 e. The first-order valence-corrected chi connectivity index (χ1v) is 10.6. The van der Waals surface area contributed by atoms with Gasteiger partial charge in [0.25, 0.3) is 0 Å². The third-order valence-corrected chi connectivity index (χ3v) is 6.58. The molecular weight excluding hydrogens is 360 g/mol. The van der Waals surface area contributed by atoms with Crippen LogP contribution >= 0.6 is 12.4 Å². The van der Waals surface area contributed by atoms with E-state index in [9.17, 15) is 13.2 Å². The van der Waals surface area contributed by atoms with Crippen LogP contribution in [0, 0.1) is 0 Å². The number of fused-ring (bicyclic) bond motifs is 2. The molecule has 7 heteroatoms. The maximum absolute atomic E-state index is 12.4.